The molecule has 1 aromatic heterocycles. The van der Waals surface area contributed by atoms with Gasteiger partial charge in [0, 0.05) is 23.7 Å². The Balaban J connectivity index is 2.47. The molecule has 0 aliphatic carbocycles. The largest absolute Gasteiger partial charge is 0.366 e. The lowest BCUT2D eigenvalue weighted by Gasteiger charge is -1.93. The summed E-state index contributed by atoms with van der Waals surface area (Å²) in [6, 6.07) is 0. The van der Waals surface area contributed by atoms with Gasteiger partial charge in [-0.05, 0) is 0 Å². The number of nitrogens with two attached hydrogens (primary N) is 1. The summed E-state index contributed by atoms with van der Waals surface area (Å²) in [6.07, 6.45) is 3.62. The molecule has 0 fully saturated rings. The van der Waals surface area contributed by atoms with Gasteiger partial charge in [-0.25, -0.2) is 4.98 Å². The number of nitrogens with one attached hydrogen (secondary N) is 1. The molecule has 0 saturated carbocycles. The van der Waals surface area contributed by atoms with E-state index in [-0.39, 0.29) is 0 Å². The third kappa shape index (κ3) is 3.48. The number of carbonyl (C=O) groups is 2. The van der Waals surface area contributed by atoms with Crippen LogP contribution in [-0.2, 0) is 9.59 Å². The molecule has 0 spiro atoms. The molecule has 6 heteroatoms. The van der Waals surface area contributed by atoms with Crippen molar-refractivity contribution >= 4 is 28.3 Å². The van der Waals surface area contributed by atoms with E-state index in [2.05, 4.69) is 10.3 Å². The number of thiazole rings is 1. The predicted molar refractivity (Wildman–Crippen MR) is 49.1 cm³/mol. The number of carbonyl (C=O) groups excluding carboxylic acids is 2. The predicted octanol–water partition coefficient (Wildman–Crippen LogP) is 0.123. The monoisotopic (exact) mass is 197 g/mol. The Morgan fingerprint density at radius 3 is 2.85 bits per heavy atom. The molecule has 0 aliphatic heterocycles. The van der Waals surface area contributed by atoms with Crippen molar-refractivity contribution in [2.45, 2.75) is 0 Å². The van der Waals surface area contributed by atoms with E-state index in [0.29, 0.717) is 5.13 Å². The number of anilines is 1. The lowest BCUT2D eigenvalue weighted by molar-refractivity contribution is -0.115. The first-order valence-corrected chi connectivity index (χ1v) is 4.24. The quantitative estimate of drug-likeness (QED) is 0.675. The van der Waals surface area contributed by atoms with Gasteiger partial charge in [-0.1, -0.05) is 0 Å². The minimum Gasteiger partial charge on any atom is -0.366 e. The Morgan fingerprint density at radius 2 is 2.31 bits per heavy atom. The second kappa shape index (κ2) is 4.36. The zero-order valence-corrected chi connectivity index (χ0v) is 7.38. The van der Waals surface area contributed by atoms with Crippen LogP contribution < -0.4 is 11.1 Å². The molecule has 0 saturated heterocycles. The molecule has 2 amide bonds. The number of aromatic nitrogens is 1. The first-order chi connectivity index (χ1) is 6.18. The van der Waals surface area contributed by atoms with Crippen LogP contribution in [0.1, 0.15) is 0 Å². The molecule has 5 nitrogen and oxygen atoms in total. The third-order valence-corrected chi connectivity index (χ3v) is 1.75. The Hall–Kier alpha value is -1.69. The summed E-state index contributed by atoms with van der Waals surface area (Å²) in [4.78, 5) is 25.0. The average Bonchev–Trinajstić information content (AvgIpc) is 2.53. The van der Waals surface area contributed by atoms with Crippen LogP contribution in [-0.4, -0.2) is 16.8 Å². The van der Waals surface area contributed by atoms with Crippen molar-refractivity contribution < 1.29 is 9.59 Å². The Labute approximate surface area is 78.3 Å². The summed E-state index contributed by atoms with van der Waals surface area (Å²) in [5.74, 6) is -1.08. The van der Waals surface area contributed by atoms with Crippen molar-refractivity contribution in [3.63, 3.8) is 0 Å². The summed E-state index contributed by atoms with van der Waals surface area (Å²) >= 11 is 1.29. The summed E-state index contributed by atoms with van der Waals surface area (Å²) in [5.41, 5.74) is 4.80. The maximum Gasteiger partial charge on any atom is 0.250 e. The summed E-state index contributed by atoms with van der Waals surface area (Å²) in [6.45, 7) is 0. The van der Waals surface area contributed by atoms with E-state index >= 15 is 0 Å². The van der Waals surface area contributed by atoms with Crippen LogP contribution in [0.15, 0.2) is 23.7 Å². The molecule has 0 aliphatic rings. The molecule has 68 valence electrons. The number of hydrogen-bond donors (Lipinski definition) is 2. The zero-order chi connectivity index (χ0) is 9.68. The Kier molecular flexibility index (Phi) is 3.15. The van der Waals surface area contributed by atoms with Gasteiger partial charge in [0.1, 0.15) is 0 Å². The minimum absolute atomic E-state index is 0.422. The van der Waals surface area contributed by atoms with E-state index < -0.39 is 11.8 Å². The number of amides is 2. The van der Waals surface area contributed by atoms with E-state index in [4.69, 9.17) is 5.73 Å². The molecule has 1 rings (SSSR count). The molecule has 0 atom stereocenters. The fraction of sp³-hybridized carbons (Fsp3) is 0. The van der Waals surface area contributed by atoms with E-state index in [1.165, 1.54) is 11.3 Å². The molecule has 1 heterocycles. The molecule has 1 aromatic rings. The summed E-state index contributed by atoms with van der Waals surface area (Å²) in [5, 5.41) is 4.67. The van der Waals surface area contributed by atoms with Crippen molar-refractivity contribution in [3.8, 4) is 0 Å². The van der Waals surface area contributed by atoms with Crippen LogP contribution in [0.5, 0.6) is 0 Å². The molecule has 3 N–H and O–H groups in total. The van der Waals surface area contributed by atoms with Crippen molar-refractivity contribution in [2.24, 2.45) is 5.73 Å². The van der Waals surface area contributed by atoms with Gasteiger partial charge in [-0.3, -0.25) is 14.9 Å². The highest BCUT2D eigenvalue weighted by molar-refractivity contribution is 7.13. The lowest BCUT2D eigenvalue weighted by Crippen LogP contribution is -2.11. The number of hydrogen-bond acceptors (Lipinski definition) is 4. The third-order valence-electron chi connectivity index (χ3n) is 1.06. The highest BCUT2D eigenvalue weighted by Crippen LogP contribution is 2.09. The summed E-state index contributed by atoms with van der Waals surface area (Å²) in [7, 11) is 0. The van der Waals surface area contributed by atoms with Gasteiger partial charge in [0.05, 0.1) is 0 Å². The van der Waals surface area contributed by atoms with Crippen LogP contribution in [0.4, 0.5) is 5.13 Å². The molecule has 0 radical (unpaired) electrons. The molecule has 13 heavy (non-hydrogen) atoms. The van der Waals surface area contributed by atoms with E-state index in [1.54, 1.807) is 11.6 Å². The molecular formula is C7H7N3O2S. The van der Waals surface area contributed by atoms with Crippen LogP contribution in [0.3, 0.4) is 0 Å². The van der Waals surface area contributed by atoms with Crippen molar-refractivity contribution in [3.05, 3.63) is 23.7 Å². The number of primary amides is 1. The molecule has 0 bridgehead atoms. The van der Waals surface area contributed by atoms with E-state index in [0.717, 1.165) is 12.2 Å². The van der Waals surface area contributed by atoms with Gasteiger partial charge in [0.25, 0.3) is 0 Å². The molecule has 0 unspecified atom stereocenters. The second-order valence-corrected chi connectivity index (χ2v) is 2.96. The van der Waals surface area contributed by atoms with Crippen LogP contribution in [0, 0.1) is 0 Å². The Bertz CT molecular complexity index is 332. The van der Waals surface area contributed by atoms with Crippen LogP contribution in [0.25, 0.3) is 0 Å². The van der Waals surface area contributed by atoms with Gasteiger partial charge >= 0.3 is 0 Å². The first-order valence-electron chi connectivity index (χ1n) is 3.36. The van der Waals surface area contributed by atoms with Crippen molar-refractivity contribution in [1.82, 2.24) is 4.98 Å². The van der Waals surface area contributed by atoms with Gasteiger partial charge in [-0.2, -0.15) is 0 Å². The lowest BCUT2D eigenvalue weighted by atomic mass is 10.4. The van der Waals surface area contributed by atoms with Crippen molar-refractivity contribution in [2.75, 3.05) is 5.32 Å². The van der Waals surface area contributed by atoms with Crippen molar-refractivity contribution in [1.29, 1.82) is 0 Å². The first kappa shape index (κ1) is 9.40. The Morgan fingerprint density at radius 1 is 1.54 bits per heavy atom. The fourth-order valence-electron chi connectivity index (χ4n) is 0.590. The van der Waals surface area contributed by atoms with Gasteiger partial charge < -0.3 is 5.73 Å². The molecular weight excluding hydrogens is 190 g/mol. The fourth-order valence-corrected chi connectivity index (χ4v) is 1.12. The second-order valence-electron chi connectivity index (χ2n) is 2.06. The highest BCUT2D eigenvalue weighted by Gasteiger charge is 1.98. The molecule has 0 aromatic carbocycles. The average molecular weight is 197 g/mol. The van der Waals surface area contributed by atoms with Gasteiger partial charge in [0.2, 0.25) is 11.8 Å². The number of rotatable bonds is 3. The normalized spacial score (nSPS) is 10.2. The maximum absolute atomic E-state index is 11.0. The van der Waals surface area contributed by atoms with E-state index in [1.807, 2.05) is 0 Å². The van der Waals surface area contributed by atoms with Gasteiger partial charge in [0.15, 0.2) is 5.13 Å². The minimum atomic E-state index is -0.658. The zero-order valence-electron chi connectivity index (χ0n) is 6.56. The van der Waals surface area contributed by atoms with Crippen LogP contribution >= 0.6 is 11.3 Å². The number of nitrogens with zero attached hydrogens (tertiary/aromatic N) is 1. The topological polar surface area (TPSA) is 85.1 Å². The standard InChI is InChI=1S/C7H7N3O2S/c8-5(11)1-2-6(12)10-7-9-3-4-13-7/h1-4H,(H2,8,11)(H,9,10,12)/b2-1-. The highest BCUT2D eigenvalue weighted by atomic mass is 32.1. The summed E-state index contributed by atoms with van der Waals surface area (Å²) < 4.78 is 0. The maximum atomic E-state index is 11.0. The smallest absolute Gasteiger partial charge is 0.250 e. The van der Waals surface area contributed by atoms with Gasteiger partial charge in [-0.15, -0.1) is 11.3 Å². The van der Waals surface area contributed by atoms with Crippen LogP contribution in [0.2, 0.25) is 0 Å². The SMILES string of the molecule is NC(=O)/C=C\C(=O)Nc1nccs1. The van der Waals surface area contributed by atoms with E-state index in [9.17, 15) is 9.59 Å².